The van der Waals surface area contributed by atoms with Gasteiger partial charge < -0.3 is 20.0 Å². The van der Waals surface area contributed by atoms with Crippen molar-refractivity contribution in [1.29, 1.82) is 0 Å². The van der Waals surface area contributed by atoms with Crippen LogP contribution in [0, 0.1) is 0 Å². The molecule has 1 N–H and O–H groups in total. The number of nitrogens with one attached hydrogen (secondary N) is 1. The van der Waals surface area contributed by atoms with Crippen molar-refractivity contribution in [2.24, 2.45) is 4.99 Å². The molecule has 0 aromatic heterocycles. The molecule has 0 spiro atoms. The number of amidine groups is 1. The number of aliphatic imine (C=N–C) groups is 1. The van der Waals surface area contributed by atoms with Gasteiger partial charge in [-0.05, 0) is 45.7 Å². The van der Waals surface area contributed by atoms with E-state index in [1.165, 1.54) is 38.9 Å². The zero-order valence-electron chi connectivity index (χ0n) is 18.5. The van der Waals surface area contributed by atoms with Crippen molar-refractivity contribution < 1.29 is 4.79 Å². The number of allylic oxidation sites excluding steroid dienone is 2. The summed E-state index contributed by atoms with van der Waals surface area (Å²) in [6, 6.07) is 0. The lowest BCUT2D eigenvalue weighted by Crippen LogP contribution is -2.41. The van der Waals surface area contributed by atoms with Gasteiger partial charge in [-0.15, -0.1) is 0 Å². The molecule has 1 saturated heterocycles. The molecule has 2 aliphatic heterocycles. The topological polar surface area (TPSA) is 51.2 Å². The summed E-state index contributed by atoms with van der Waals surface area (Å²) in [7, 11) is 1.97. The van der Waals surface area contributed by atoms with Crippen LogP contribution in [0.25, 0.3) is 0 Å². The highest BCUT2D eigenvalue weighted by molar-refractivity contribution is 5.88. The maximum absolute atomic E-state index is 12.2. The molecule has 0 saturated carbocycles. The van der Waals surface area contributed by atoms with Crippen LogP contribution in [0.3, 0.4) is 0 Å². The average Bonchev–Trinajstić information content (AvgIpc) is 2.73. The summed E-state index contributed by atoms with van der Waals surface area (Å²) >= 11 is 0. The van der Waals surface area contributed by atoms with Gasteiger partial charge in [0.25, 0.3) is 0 Å². The Hall–Kier alpha value is -2.08. The molecular formula is C23H39N5O. The maximum atomic E-state index is 12.2. The molecule has 0 bridgehead atoms. The summed E-state index contributed by atoms with van der Waals surface area (Å²) < 4.78 is 0. The summed E-state index contributed by atoms with van der Waals surface area (Å²) in [4.78, 5) is 23.7. The Morgan fingerprint density at radius 3 is 2.52 bits per heavy atom. The summed E-state index contributed by atoms with van der Waals surface area (Å²) in [5.74, 6) is 0.979. The van der Waals surface area contributed by atoms with Crippen molar-refractivity contribution in [3.63, 3.8) is 0 Å². The highest BCUT2D eigenvalue weighted by Gasteiger charge is 2.16. The number of hydrogen-bond donors (Lipinski definition) is 1. The van der Waals surface area contributed by atoms with Gasteiger partial charge in [-0.3, -0.25) is 4.79 Å². The number of piperidine rings is 1. The largest absolute Gasteiger partial charge is 0.358 e. The Bertz CT molecular complexity index is 604. The van der Waals surface area contributed by atoms with Gasteiger partial charge in [0, 0.05) is 39.0 Å². The van der Waals surface area contributed by atoms with Crippen LogP contribution in [-0.2, 0) is 4.79 Å². The van der Waals surface area contributed by atoms with Gasteiger partial charge in [0.05, 0.1) is 6.54 Å². The summed E-state index contributed by atoms with van der Waals surface area (Å²) in [6.07, 6.45) is 19.2. The molecule has 1 unspecified atom stereocenters. The lowest BCUT2D eigenvalue weighted by atomic mass is 10.1. The van der Waals surface area contributed by atoms with Crippen molar-refractivity contribution in [3.8, 4) is 0 Å². The van der Waals surface area contributed by atoms with E-state index in [1.54, 1.807) is 6.20 Å². The van der Waals surface area contributed by atoms with E-state index < -0.39 is 0 Å². The second kappa shape index (κ2) is 13.2. The molecule has 6 heteroatoms. The third-order valence-electron chi connectivity index (χ3n) is 5.50. The second-order valence-electron chi connectivity index (χ2n) is 7.84. The molecule has 1 atom stereocenters. The van der Waals surface area contributed by atoms with E-state index in [4.69, 9.17) is 4.99 Å². The predicted molar refractivity (Wildman–Crippen MR) is 122 cm³/mol. The van der Waals surface area contributed by atoms with E-state index in [2.05, 4.69) is 53.3 Å². The number of carbonyl (C=O) groups excluding carboxylic acids is 1. The van der Waals surface area contributed by atoms with E-state index in [-0.39, 0.29) is 12.1 Å². The first-order chi connectivity index (χ1) is 14.1. The number of hydrogen-bond acceptors (Lipinski definition) is 5. The van der Waals surface area contributed by atoms with Crippen LogP contribution in [0.2, 0.25) is 0 Å². The first kappa shape index (κ1) is 23.2. The number of likely N-dealkylation sites (tertiary alicyclic amines) is 1. The molecular weight excluding hydrogens is 362 g/mol. The number of carbonyl (C=O) groups is 1. The quantitative estimate of drug-likeness (QED) is 0.634. The normalized spacial score (nSPS) is 25.3. The number of rotatable bonds is 8. The molecule has 2 aliphatic rings. The first-order valence-corrected chi connectivity index (χ1v) is 11.1. The summed E-state index contributed by atoms with van der Waals surface area (Å²) in [6.45, 7) is 8.99. The van der Waals surface area contributed by atoms with Crippen LogP contribution in [0.4, 0.5) is 0 Å². The SMILES string of the molecule is CC/C1=N\C(C)N(C)/C=C/NC(=O)CN1CC/C=C\C=C/CCN1CCCCC1. The summed E-state index contributed by atoms with van der Waals surface area (Å²) in [5, 5.41) is 2.84. The Labute approximate surface area is 177 Å². The standard InChI is InChI=1S/C23H39N5O/c1-4-22-25-21(2)26(3)19-14-24-23(29)20-28(22)18-13-8-6-5-7-10-15-27-16-11-9-12-17-27/h5-8,14,19,21H,4,9-13,15-18,20H2,1-3H3,(H,24,29)/b7-5-,8-6-,19-14+,25-22+. The predicted octanol–water partition coefficient (Wildman–Crippen LogP) is 3.35. The molecule has 0 radical (unpaired) electrons. The fourth-order valence-corrected chi connectivity index (χ4v) is 3.61. The van der Waals surface area contributed by atoms with Crippen molar-refractivity contribution >= 4 is 11.7 Å². The van der Waals surface area contributed by atoms with Crippen LogP contribution in [0.5, 0.6) is 0 Å². The molecule has 0 aliphatic carbocycles. The van der Waals surface area contributed by atoms with Gasteiger partial charge in [0.2, 0.25) is 5.91 Å². The van der Waals surface area contributed by atoms with Crippen LogP contribution < -0.4 is 5.32 Å². The van der Waals surface area contributed by atoms with Crippen LogP contribution in [0.1, 0.15) is 52.4 Å². The first-order valence-electron chi connectivity index (χ1n) is 11.1. The smallest absolute Gasteiger partial charge is 0.243 e. The molecule has 162 valence electrons. The van der Waals surface area contributed by atoms with Crippen LogP contribution >= 0.6 is 0 Å². The van der Waals surface area contributed by atoms with E-state index in [0.717, 1.165) is 31.6 Å². The van der Waals surface area contributed by atoms with Gasteiger partial charge in [0.1, 0.15) is 12.0 Å². The number of nitrogens with zero attached hydrogens (tertiary/aromatic N) is 4. The van der Waals surface area contributed by atoms with Crippen LogP contribution in [0.15, 0.2) is 41.7 Å². The monoisotopic (exact) mass is 401 g/mol. The minimum atomic E-state index is -0.00746. The molecule has 2 rings (SSSR count). The molecule has 2 heterocycles. The van der Waals surface area contributed by atoms with Gasteiger partial charge in [-0.25, -0.2) is 4.99 Å². The molecule has 1 fully saturated rings. The zero-order valence-corrected chi connectivity index (χ0v) is 18.5. The van der Waals surface area contributed by atoms with Gasteiger partial charge >= 0.3 is 0 Å². The van der Waals surface area contributed by atoms with Crippen molar-refractivity contribution in [1.82, 2.24) is 20.0 Å². The molecule has 0 aromatic rings. The molecule has 6 nitrogen and oxygen atoms in total. The molecule has 0 aromatic carbocycles. The number of amides is 1. The van der Waals surface area contributed by atoms with Crippen molar-refractivity contribution in [2.45, 2.75) is 58.5 Å². The fourth-order valence-electron chi connectivity index (χ4n) is 3.61. The maximum Gasteiger partial charge on any atom is 0.243 e. The highest BCUT2D eigenvalue weighted by atomic mass is 16.2. The van der Waals surface area contributed by atoms with Gasteiger partial charge in [-0.1, -0.05) is 37.6 Å². The third-order valence-corrected chi connectivity index (χ3v) is 5.50. The second-order valence-corrected chi connectivity index (χ2v) is 7.84. The molecule has 29 heavy (non-hydrogen) atoms. The summed E-state index contributed by atoms with van der Waals surface area (Å²) in [5.41, 5.74) is 0. The van der Waals surface area contributed by atoms with E-state index in [0.29, 0.717) is 6.54 Å². The Kier molecular flexibility index (Phi) is 10.6. The lowest BCUT2D eigenvalue weighted by molar-refractivity contribution is -0.120. The molecule has 1 amide bonds. The third kappa shape index (κ3) is 8.86. The van der Waals surface area contributed by atoms with Gasteiger partial charge in [-0.2, -0.15) is 0 Å². The van der Waals surface area contributed by atoms with Crippen LogP contribution in [-0.4, -0.2) is 72.4 Å². The minimum Gasteiger partial charge on any atom is -0.358 e. The zero-order chi connectivity index (χ0) is 20.9. The van der Waals surface area contributed by atoms with Crippen molar-refractivity contribution in [2.75, 3.05) is 39.8 Å². The minimum absolute atomic E-state index is 0.00746. The lowest BCUT2D eigenvalue weighted by Gasteiger charge is -2.28. The highest BCUT2D eigenvalue weighted by Crippen LogP contribution is 2.09. The van der Waals surface area contributed by atoms with E-state index in [1.807, 2.05) is 18.1 Å². The Morgan fingerprint density at radius 1 is 1.14 bits per heavy atom. The fraction of sp³-hybridized carbons (Fsp3) is 0.652. The van der Waals surface area contributed by atoms with E-state index in [9.17, 15) is 4.79 Å². The Morgan fingerprint density at radius 2 is 1.83 bits per heavy atom. The van der Waals surface area contributed by atoms with Gasteiger partial charge in [0.15, 0.2) is 0 Å². The Balaban J connectivity index is 1.80. The van der Waals surface area contributed by atoms with Crippen molar-refractivity contribution in [3.05, 3.63) is 36.7 Å². The average molecular weight is 402 g/mol. The van der Waals surface area contributed by atoms with E-state index >= 15 is 0 Å².